The lowest BCUT2D eigenvalue weighted by molar-refractivity contribution is -0.144. The fourth-order valence-electron chi connectivity index (χ4n) is 1.01. The molecule has 1 N–H and O–H groups in total. The van der Waals surface area contributed by atoms with Crippen molar-refractivity contribution in [2.24, 2.45) is 5.92 Å². The summed E-state index contributed by atoms with van der Waals surface area (Å²) in [5, 5.41) is 8.95. The molecule has 0 radical (unpaired) electrons. The minimum Gasteiger partial charge on any atom is -0.469 e. The lowest BCUT2D eigenvalue weighted by Gasteiger charge is -2.04. The van der Waals surface area contributed by atoms with Crippen LogP contribution < -0.4 is 0 Å². The van der Waals surface area contributed by atoms with Gasteiger partial charge in [0.2, 0.25) is 0 Å². The maximum Gasteiger partial charge on any atom is 0.312 e. The fourth-order valence-corrected chi connectivity index (χ4v) is 1.01. The summed E-state index contributed by atoms with van der Waals surface area (Å²) in [4.78, 5) is 10.8. The van der Waals surface area contributed by atoms with E-state index in [1.54, 1.807) is 12.2 Å². The number of rotatable bonds is 1. The van der Waals surface area contributed by atoms with Crippen LogP contribution in [0.5, 0.6) is 0 Å². The van der Waals surface area contributed by atoms with Gasteiger partial charge in [-0.3, -0.25) is 4.79 Å². The van der Waals surface area contributed by atoms with Crippen LogP contribution in [0.1, 0.15) is 6.42 Å². The molecule has 0 fully saturated rings. The molecule has 0 aromatic rings. The third-order valence-corrected chi connectivity index (χ3v) is 1.56. The van der Waals surface area contributed by atoms with Gasteiger partial charge >= 0.3 is 5.97 Å². The van der Waals surface area contributed by atoms with Crippen molar-refractivity contribution in [3.8, 4) is 0 Å². The third kappa shape index (κ3) is 1.36. The first-order chi connectivity index (χ1) is 4.74. The van der Waals surface area contributed by atoms with Gasteiger partial charge in [-0.25, -0.2) is 0 Å². The molecule has 0 saturated carbocycles. The maximum atomic E-state index is 10.8. The Balaban J connectivity index is 2.46. The van der Waals surface area contributed by atoms with Gasteiger partial charge in [0.25, 0.3) is 0 Å². The Morgan fingerprint density at radius 1 is 1.70 bits per heavy atom. The van der Waals surface area contributed by atoms with Crippen LogP contribution >= 0.6 is 0 Å². The van der Waals surface area contributed by atoms with Crippen LogP contribution in [0, 0.1) is 5.92 Å². The zero-order valence-electron chi connectivity index (χ0n) is 5.78. The zero-order valence-corrected chi connectivity index (χ0v) is 5.78. The Hall–Kier alpha value is -0.830. The molecule has 0 aromatic heterocycles. The first kappa shape index (κ1) is 7.28. The largest absolute Gasteiger partial charge is 0.469 e. The minimum atomic E-state index is -0.468. The second-order valence-electron chi connectivity index (χ2n) is 2.32. The standard InChI is InChI=1S/C7H10O3/c1-10-7(9)5-2-3-6(8)4-5/h2-3,5-6,8H,4H2,1H3. The molecule has 0 aromatic carbocycles. The number of esters is 1. The van der Waals surface area contributed by atoms with Crippen LogP contribution in [0.2, 0.25) is 0 Å². The smallest absolute Gasteiger partial charge is 0.312 e. The average Bonchev–Trinajstić information content (AvgIpc) is 2.34. The van der Waals surface area contributed by atoms with Crippen LogP contribution in [0.4, 0.5) is 0 Å². The monoisotopic (exact) mass is 142 g/mol. The van der Waals surface area contributed by atoms with E-state index in [9.17, 15) is 4.79 Å². The second-order valence-corrected chi connectivity index (χ2v) is 2.32. The SMILES string of the molecule is COC(=O)C1C=CC(O)C1. The van der Waals surface area contributed by atoms with Crippen LogP contribution in [0.3, 0.4) is 0 Å². The number of methoxy groups -OCH3 is 1. The van der Waals surface area contributed by atoms with E-state index < -0.39 is 6.10 Å². The maximum absolute atomic E-state index is 10.8. The van der Waals surface area contributed by atoms with Gasteiger partial charge < -0.3 is 9.84 Å². The predicted molar refractivity (Wildman–Crippen MR) is 35.3 cm³/mol. The highest BCUT2D eigenvalue weighted by atomic mass is 16.5. The number of carbonyl (C=O) groups excluding carboxylic acids is 1. The molecule has 1 aliphatic rings. The lowest BCUT2D eigenvalue weighted by Crippen LogP contribution is -2.14. The number of hydrogen-bond donors (Lipinski definition) is 1. The van der Waals surface area contributed by atoms with E-state index in [4.69, 9.17) is 5.11 Å². The minimum absolute atomic E-state index is 0.236. The van der Waals surface area contributed by atoms with Crippen molar-refractivity contribution >= 4 is 5.97 Å². The molecule has 0 heterocycles. The van der Waals surface area contributed by atoms with Crippen molar-refractivity contribution < 1.29 is 14.6 Å². The van der Waals surface area contributed by atoms with Gasteiger partial charge in [0.1, 0.15) is 0 Å². The van der Waals surface area contributed by atoms with Gasteiger partial charge in [0.15, 0.2) is 0 Å². The molecule has 0 aliphatic heterocycles. The van der Waals surface area contributed by atoms with E-state index in [0.717, 1.165) is 0 Å². The normalized spacial score (nSPS) is 30.6. The number of aliphatic hydroxyl groups is 1. The summed E-state index contributed by atoms with van der Waals surface area (Å²) >= 11 is 0. The van der Waals surface area contributed by atoms with E-state index in [1.807, 2.05) is 0 Å². The molecule has 3 nitrogen and oxygen atoms in total. The molecule has 0 amide bonds. The summed E-state index contributed by atoms with van der Waals surface area (Å²) < 4.78 is 4.48. The van der Waals surface area contributed by atoms with Crippen LogP contribution in [-0.2, 0) is 9.53 Å². The molecule has 2 atom stereocenters. The second kappa shape index (κ2) is 2.84. The van der Waals surface area contributed by atoms with Crippen molar-refractivity contribution in [2.45, 2.75) is 12.5 Å². The number of ether oxygens (including phenoxy) is 1. The molecule has 0 spiro atoms. The van der Waals surface area contributed by atoms with Gasteiger partial charge in [-0.05, 0) is 6.42 Å². The van der Waals surface area contributed by atoms with E-state index in [-0.39, 0.29) is 11.9 Å². The van der Waals surface area contributed by atoms with Crippen molar-refractivity contribution in [1.82, 2.24) is 0 Å². The summed E-state index contributed by atoms with van der Waals surface area (Å²) in [6.45, 7) is 0. The van der Waals surface area contributed by atoms with Gasteiger partial charge in [-0.2, -0.15) is 0 Å². The lowest BCUT2D eigenvalue weighted by atomic mass is 10.1. The predicted octanol–water partition coefficient (Wildman–Crippen LogP) is 0.0964. The Morgan fingerprint density at radius 2 is 2.40 bits per heavy atom. The number of hydrogen-bond acceptors (Lipinski definition) is 3. The highest BCUT2D eigenvalue weighted by Gasteiger charge is 2.23. The van der Waals surface area contributed by atoms with E-state index in [1.165, 1.54) is 7.11 Å². The molecule has 2 unspecified atom stereocenters. The average molecular weight is 142 g/mol. The van der Waals surface area contributed by atoms with Crippen molar-refractivity contribution in [3.05, 3.63) is 12.2 Å². The van der Waals surface area contributed by atoms with Crippen LogP contribution in [0.25, 0.3) is 0 Å². The van der Waals surface area contributed by atoms with Gasteiger partial charge in [0.05, 0.1) is 19.1 Å². The summed E-state index contributed by atoms with van der Waals surface area (Å²) in [7, 11) is 1.35. The first-order valence-electron chi connectivity index (χ1n) is 3.18. The Kier molecular flexibility index (Phi) is 2.06. The topological polar surface area (TPSA) is 46.5 Å². The molecule has 56 valence electrons. The van der Waals surface area contributed by atoms with Gasteiger partial charge in [-0.15, -0.1) is 0 Å². The molecule has 3 heteroatoms. The Labute approximate surface area is 59.3 Å². The first-order valence-corrected chi connectivity index (χ1v) is 3.18. The molecule has 10 heavy (non-hydrogen) atoms. The van der Waals surface area contributed by atoms with Crippen molar-refractivity contribution in [2.75, 3.05) is 7.11 Å². The number of aliphatic hydroxyl groups excluding tert-OH is 1. The van der Waals surface area contributed by atoms with Gasteiger partial charge in [0, 0.05) is 0 Å². The van der Waals surface area contributed by atoms with Gasteiger partial charge in [-0.1, -0.05) is 12.2 Å². The summed E-state index contributed by atoms with van der Waals surface area (Å²) in [5.74, 6) is -0.507. The number of carbonyl (C=O) groups is 1. The quantitative estimate of drug-likeness (QED) is 0.417. The van der Waals surface area contributed by atoms with Crippen molar-refractivity contribution in [3.63, 3.8) is 0 Å². The third-order valence-electron chi connectivity index (χ3n) is 1.56. The Morgan fingerprint density at radius 3 is 2.80 bits per heavy atom. The highest BCUT2D eigenvalue weighted by molar-refractivity contribution is 5.75. The summed E-state index contributed by atoms with van der Waals surface area (Å²) in [6, 6.07) is 0. The molecule has 1 aliphatic carbocycles. The molecule has 1 rings (SSSR count). The van der Waals surface area contributed by atoms with Crippen LogP contribution in [-0.4, -0.2) is 24.3 Å². The van der Waals surface area contributed by atoms with Crippen LogP contribution in [0.15, 0.2) is 12.2 Å². The molecule has 0 bridgehead atoms. The Bertz CT molecular complexity index is 162. The summed E-state index contributed by atoms with van der Waals surface area (Å²) in [6.07, 6.45) is 3.29. The van der Waals surface area contributed by atoms with E-state index in [2.05, 4.69) is 4.74 Å². The zero-order chi connectivity index (χ0) is 7.56. The molecule has 0 saturated heterocycles. The molecular weight excluding hydrogens is 132 g/mol. The van der Waals surface area contributed by atoms with Crippen molar-refractivity contribution in [1.29, 1.82) is 0 Å². The van der Waals surface area contributed by atoms with E-state index in [0.29, 0.717) is 6.42 Å². The highest BCUT2D eigenvalue weighted by Crippen LogP contribution is 2.18. The summed E-state index contributed by atoms with van der Waals surface area (Å²) in [5.41, 5.74) is 0. The van der Waals surface area contributed by atoms with E-state index >= 15 is 0 Å². The fraction of sp³-hybridized carbons (Fsp3) is 0.571. The molecular formula is C7H10O3.